The van der Waals surface area contributed by atoms with Gasteiger partial charge in [-0.3, -0.25) is 24.6 Å². The molecule has 0 aromatic heterocycles. The zero-order valence-corrected chi connectivity index (χ0v) is 9.47. The predicted molar refractivity (Wildman–Crippen MR) is 63.2 cm³/mol. The molecule has 6 heteroatoms. The molecule has 0 aliphatic carbocycles. The molecule has 0 bridgehead atoms. The van der Waals surface area contributed by atoms with Crippen LogP contribution in [0.5, 0.6) is 0 Å². The van der Waals surface area contributed by atoms with Gasteiger partial charge in [-0.05, 0) is 13.0 Å². The molecule has 0 atom stereocenters. The number of Topliss-reactive ketones (excluding diaryl/α,β-unsaturated/α-hetero) is 1. The Kier molecular flexibility index (Phi) is 2.81. The van der Waals surface area contributed by atoms with Crippen molar-refractivity contribution in [3.63, 3.8) is 0 Å². The summed E-state index contributed by atoms with van der Waals surface area (Å²) in [7, 11) is 0. The number of fused-ring (bicyclic) bond motifs is 1. The van der Waals surface area contributed by atoms with E-state index in [9.17, 15) is 19.7 Å². The zero-order valence-electron chi connectivity index (χ0n) is 9.47. The van der Waals surface area contributed by atoms with Gasteiger partial charge in [0.2, 0.25) is 0 Å². The lowest BCUT2D eigenvalue weighted by atomic mass is 10.1. The quantitative estimate of drug-likeness (QED) is 0.338. The normalized spacial score (nSPS) is 13.1. The van der Waals surface area contributed by atoms with Gasteiger partial charge in [-0.25, -0.2) is 0 Å². The van der Waals surface area contributed by atoms with Gasteiger partial charge in [0.25, 0.3) is 17.4 Å². The van der Waals surface area contributed by atoms with E-state index >= 15 is 0 Å². The molecule has 0 fully saturated rings. The fourth-order valence-corrected chi connectivity index (χ4v) is 1.72. The van der Waals surface area contributed by atoms with Crippen LogP contribution in [0, 0.1) is 22.0 Å². The minimum atomic E-state index is -0.730. The molecule has 18 heavy (non-hydrogen) atoms. The third-order valence-electron chi connectivity index (χ3n) is 2.58. The Morgan fingerprint density at radius 1 is 1.39 bits per heavy atom. The highest BCUT2D eigenvalue weighted by atomic mass is 16.6. The summed E-state index contributed by atoms with van der Waals surface area (Å²) in [5.74, 6) is 3.88. The van der Waals surface area contributed by atoms with Gasteiger partial charge in [0, 0.05) is 12.1 Å². The number of anilines is 1. The van der Waals surface area contributed by atoms with Gasteiger partial charge in [-0.2, -0.15) is 0 Å². The highest BCUT2D eigenvalue weighted by Gasteiger charge is 2.36. The molecule has 6 nitrogen and oxygen atoms in total. The number of benzene rings is 1. The number of hydrogen-bond acceptors (Lipinski definition) is 4. The number of ketones is 1. The second kappa shape index (κ2) is 4.30. The monoisotopic (exact) mass is 244 g/mol. The van der Waals surface area contributed by atoms with Crippen molar-refractivity contribution in [3.05, 3.63) is 33.9 Å². The maximum Gasteiger partial charge on any atom is 0.300 e. The second-order valence-electron chi connectivity index (χ2n) is 3.61. The Bertz CT molecular complexity index is 625. The number of nitro groups is 1. The number of carbonyl (C=O) groups is 2. The Morgan fingerprint density at radius 3 is 2.72 bits per heavy atom. The largest absolute Gasteiger partial charge is 0.300 e. The van der Waals surface area contributed by atoms with Crippen molar-refractivity contribution in [2.45, 2.75) is 6.92 Å². The van der Waals surface area contributed by atoms with E-state index in [0.29, 0.717) is 5.69 Å². The van der Waals surface area contributed by atoms with Crippen molar-refractivity contribution in [3.8, 4) is 11.8 Å². The van der Waals surface area contributed by atoms with Crippen LogP contribution in [-0.4, -0.2) is 23.2 Å². The summed E-state index contributed by atoms with van der Waals surface area (Å²) >= 11 is 0. The predicted octanol–water partition coefficient (Wildman–Crippen LogP) is 1.15. The van der Waals surface area contributed by atoms with Crippen molar-refractivity contribution in [2.24, 2.45) is 0 Å². The van der Waals surface area contributed by atoms with Crippen molar-refractivity contribution in [1.82, 2.24) is 0 Å². The van der Waals surface area contributed by atoms with Crippen molar-refractivity contribution in [2.75, 3.05) is 11.4 Å². The molecule has 0 radical (unpaired) electrons. The van der Waals surface area contributed by atoms with Crippen LogP contribution in [0.1, 0.15) is 17.3 Å². The van der Waals surface area contributed by atoms with Crippen LogP contribution in [0.25, 0.3) is 0 Å². The van der Waals surface area contributed by atoms with Crippen LogP contribution in [0.3, 0.4) is 0 Å². The van der Waals surface area contributed by atoms with E-state index in [1.807, 2.05) is 0 Å². The smallest absolute Gasteiger partial charge is 0.293 e. The van der Waals surface area contributed by atoms with E-state index in [1.54, 1.807) is 6.92 Å². The number of non-ortho nitro benzene ring substituents is 1. The summed E-state index contributed by atoms with van der Waals surface area (Å²) in [6.45, 7) is 1.73. The lowest BCUT2D eigenvalue weighted by Gasteiger charge is -2.11. The molecule has 0 spiro atoms. The SMILES string of the molecule is CC#CCN1C(=O)C(=O)c2cc([N+](=O)[O-])ccc21. The van der Waals surface area contributed by atoms with E-state index < -0.39 is 16.6 Å². The van der Waals surface area contributed by atoms with Gasteiger partial charge in [-0.1, -0.05) is 5.92 Å². The van der Waals surface area contributed by atoms with Crippen LogP contribution >= 0.6 is 0 Å². The second-order valence-corrected chi connectivity index (χ2v) is 3.61. The van der Waals surface area contributed by atoms with Gasteiger partial charge < -0.3 is 0 Å². The molecule has 1 heterocycles. The Labute approximate surface area is 102 Å². The molecule has 0 unspecified atom stereocenters. The number of amides is 1. The maximum absolute atomic E-state index is 11.7. The average Bonchev–Trinajstić information content (AvgIpc) is 2.60. The lowest BCUT2D eigenvalue weighted by Crippen LogP contribution is -2.29. The number of carbonyl (C=O) groups excluding carboxylic acids is 2. The maximum atomic E-state index is 11.7. The average molecular weight is 244 g/mol. The van der Waals surface area contributed by atoms with E-state index in [2.05, 4.69) is 11.8 Å². The molecule has 0 saturated heterocycles. The fraction of sp³-hybridized carbons (Fsp3) is 0.167. The minimum absolute atomic E-state index is 0.0621. The molecule has 90 valence electrons. The van der Waals surface area contributed by atoms with Crippen LogP contribution < -0.4 is 4.90 Å². The van der Waals surface area contributed by atoms with Crippen LogP contribution in [0.4, 0.5) is 11.4 Å². The van der Waals surface area contributed by atoms with E-state index in [1.165, 1.54) is 17.0 Å². The van der Waals surface area contributed by atoms with Crippen molar-refractivity contribution < 1.29 is 14.5 Å². The zero-order chi connectivity index (χ0) is 13.3. The van der Waals surface area contributed by atoms with Gasteiger partial charge in [0.15, 0.2) is 0 Å². The molecule has 1 aliphatic heterocycles. The van der Waals surface area contributed by atoms with Gasteiger partial charge in [0.05, 0.1) is 22.7 Å². The third kappa shape index (κ3) is 1.72. The fourth-order valence-electron chi connectivity index (χ4n) is 1.72. The van der Waals surface area contributed by atoms with E-state index in [4.69, 9.17) is 0 Å². The minimum Gasteiger partial charge on any atom is -0.293 e. The third-order valence-corrected chi connectivity index (χ3v) is 2.58. The first-order valence-electron chi connectivity index (χ1n) is 5.10. The molecular formula is C12H8N2O4. The van der Waals surface area contributed by atoms with Crippen molar-refractivity contribution in [1.29, 1.82) is 0 Å². The van der Waals surface area contributed by atoms with Gasteiger partial charge in [-0.15, -0.1) is 5.92 Å². The number of nitro benzene ring substituents is 1. The van der Waals surface area contributed by atoms with E-state index in [0.717, 1.165) is 6.07 Å². The summed E-state index contributed by atoms with van der Waals surface area (Å²) in [5.41, 5.74) is 0.226. The molecule has 0 saturated carbocycles. The molecule has 1 aromatic rings. The number of rotatable bonds is 2. The Balaban J connectivity index is 2.49. The van der Waals surface area contributed by atoms with Crippen LogP contribution in [-0.2, 0) is 4.79 Å². The standard InChI is InChI=1S/C12H8N2O4/c1-2-3-6-13-10-5-4-8(14(17)18)7-9(10)11(15)12(13)16/h4-5,7H,6H2,1H3. The summed E-state index contributed by atoms with van der Waals surface area (Å²) in [6, 6.07) is 3.78. The number of nitrogens with zero attached hydrogens (tertiary/aromatic N) is 2. The summed E-state index contributed by atoms with van der Waals surface area (Å²) in [5, 5.41) is 10.6. The van der Waals surface area contributed by atoms with Crippen molar-refractivity contribution >= 4 is 23.1 Å². The van der Waals surface area contributed by atoms with Crippen LogP contribution in [0.2, 0.25) is 0 Å². The summed E-state index contributed by atoms with van der Waals surface area (Å²) in [6.07, 6.45) is 0. The molecule has 2 rings (SSSR count). The Hall–Kier alpha value is -2.68. The molecule has 0 N–H and O–H groups in total. The molecule has 1 aliphatic rings. The highest BCUT2D eigenvalue weighted by Crippen LogP contribution is 2.31. The van der Waals surface area contributed by atoms with Gasteiger partial charge in [0.1, 0.15) is 0 Å². The first kappa shape index (κ1) is 11.8. The lowest BCUT2D eigenvalue weighted by molar-refractivity contribution is -0.384. The number of hydrogen-bond donors (Lipinski definition) is 0. The Morgan fingerprint density at radius 2 is 2.11 bits per heavy atom. The topological polar surface area (TPSA) is 80.5 Å². The van der Waals surface area contributed by atoms with E-state index in [-0.39, 0.29) is 17.8 Å². The molecule has 1 aromatic carbocycles. The molecular weight excluding hydrogens is 236 g/mol. The summed E-state index contributed by atoms with van der Waals surface area (Å²) in [4.78, 5) is 34.6. The van der Waals surface area contributed by atoms with Crippen LogP contribution in [0.15, 0.2) is 18.2 Å². The molecule has 1 amide bonds. The highest BCUT2D eigenvalue weighted by molar-refractivity contribution is 6.52. The summed E-state index contributed by atoms with van der Waals surface area (Å²) < 4.78 is 0. The first-order chi connectivity index (χ1) is 8.56. The first-order valence-corrected chi connectivity index (χ1v) is 5.10. The van der Waals surface area contributed by atoms with Gasteiger partial charge >= 0.3 is 0 Å².